The molecule has 2 N–H and O–H groups in total. The fourth-order valence-electron chi connectivity index (χ4n) is 1.71. The Bertz CT molecular complexity index is 725. The van der Waals surface area contributed by atoms with Gasteiger partial charge in [0.15, 0.2) is 4.96 Å². The van der Waals surface area contributed by atoms with Crippen LogP contribution in [0.3, 0.4) is 0 Å². The molecule has 0 aliphatic heterocycles. The van der Waals surface area contributed by atoms with Gasteiger partial charge >= 0.3 is 5.97 Å². The van der Waals surface area contributed by atoms with Crippen LogP contribution in [0.2, 0.25) is 0 Å². The zero-order valence-corrected chi connectivity index (χ0v) is 12.7. The first-order chi connectivity index (χ1) is 10.0. The predicted octanol–water partition coefficient (Wildman–Crippen LogP) is 0.692. The Morgan fingerprint density at radius 2 is 2.33 bits per heavy atom. The number of fused-ring (bicyclic) bond motifs is 1. The highest BCUT2D eigenvalue weighted by molar-refractivity contribution is 7.98. The number of aliphatic carboxylic acids is 1. The van der Waals surface area contributed by atoms with Crippen LogP contribution in [0.5, 0.6) is 0 Å². The summed E-state index contributed by atoms with van der Waals surface area (Å²) in [6.45, 7) is 0. The van der Waals surface area contributed by atoms with Gasteiger partial charge in [-0.25, -0.2) is 9.78 Å². The number of thiazole rings is 1. The van der Waals surface area contributed by atoms with Crippen molar-refractivity contribution in [1.29, 1.82) is 0 Å². The lowest BCUT2D eigenvalue weighted by Crippen LogP contribution is -2.43. The van der Waals surface area contributed by atoms with E-state index >= 15 is 0 Å². The van der Waals surface area contributed by atoms with Gasteiger partial charge in [0, 0.05) is 17.8 Å². The summed E-state index contributed by atoms with van der Waals surface area (Å²) in [5, 5.41) is 13.1. The maximum absolute atomic E-state index is 12.1. The van der Waals surface area contributed by atoms with Crippen molar-refractivity contribution in [2.45, 2.75) is 12.5 Å². The van der Waals surface area contributed by atoms with Crippen LogP contribution in [0.25, 0.3) is 4.96 Å². The van der Waals surface area contributed by atoms with Crippen LogP contribution in [0, 0.1) is 0 Å². The number of carboxylic acids is 1. The van der Waals surface area contributed by atoms with Crippen molar-refractivity contribution in [3.8, 4) is 0 Å². The van der Waals surface area contributed by atoms with Crippen molar-refractivity contribution in [2.75, 3.05) is 12.0 Å². The van der Waals surface area contributed by atoms with Crippen LogP contribution >= 0.6 is 23.1 Å². The highest BCUT2D eigenvalue weighted by atomic mass is 32.2. The van der Waals surface area contributed by atoms with Gasteiger partial charge in [0.05, 0.1) is 0 Å². The van der Waals surface area contributed by atoms with E-state index in [1.54, 1.807) is 5.38 Å². The van der Waals surface area contributed by atoms with E-state index in [2.05, 4.69) is 10.3 Å². The second kappa shape index (κ2) is 6.72. The van der Waals surface area contributed by atoms with Gasteiger partial charge in [-0.3, -0.25) is 14.0 Å². The summed E-state index contributed by atoms with van der Waals surface area (Å²) in [5.74, 6) is -1.25. The lowest BCUT2D eigenvalue weighted by atomic mass is 10.2. The maximum Gasteiger partial charge on any atom is 0.326 e. The number of aromatic nitrogens is 2. The molecule has 2 heterocycles. The molecule has 9 heteroatoms. The number of nitrogens with zero attached hydrogens (tertiary/aromatic N) is 2. The molecule has 0 aliphatic carbocycles. The van der Waals surface area contributed by atoms with E-state index in [1.165, 1.54) is 39.9 Å². The maximum atomic E-state index is 12.1. The van der Waals surface area contributed by atoms with Crippen molar-refractivity contribution in [1.82, 2.24) is 14.7 Å². The Morgan fingerprint density at radius 1 is 1.57 bits per heavy atom. The summed E-state index contributed by atoms with van der Waals surface area (Å²) >= 11 is 2.76. The van der Waals surface area contributed by atoms with Gasteiger partial charge in [-0.1, -0.05) is 0 Å². The largest absolute Gasteiger partial charge is 0.480 e. The number of nitrogens with one attached hydrogen (secondary N) is 1. The van der Waals surface area contributed by atoms with E-state index in [1.807, 2.05) is 6.26 Å². The number of carboxylic acid groups (broad SMARTS) is 1. The summed E-state index contributed by atoms with van der Waals surface area (Å²) in [6.07, 6.45) is 4.84. The van der Waals surface area contributed by atoms with Gasteiger partial charge in [0.2, 0.25) is 0 Å². The van der Waals surface area contributed by atoms with Crippen molar-refractivity contribution < 1.29 is 14.7 Å². The lowest BCUT2D eigenvalue weighted by molar-refractivity contribution is -0.139. The average molecular weight is 327 g/mol. The van der Waals surface area contributed by atoms with E-state index in [-0.39, 0.29) is 12.0 Å². The van der Waals surface area contributed by atoms with Crippen LogP contribution in [0.4, 0.5) is 0 Å². The van der Waals surface area contributed by atoms with Crippen LogP contribution in [0.1, 0.15) is 16.8 Å². The number of rotatable bonds is 6. The van der Waals surface area contributed by atoms with Gasteiger partial charge in [-0.2, -0.15) is 11.8 Å². The van der Waals surface area contributed by atoms with Gasteiger partial charge < -0.3 is 10.4 Å². The Labute approximate surface area is 128 Å². The molecule has 7 nitrogen and oxygen atoms in total. The highest BCUT2D eigenvalue weighted by Crippen LogP contribution is 2.06. The lowest BCUT2D eigenvalue weighted by Gasteiger charge is -2.13. The first kappa shape index (κ1) is 15.5. The third-order valence-corrected chi connectivity index (χ3v) is 4.22. The highest BCUT2D eigenvalue weighted by Gasteiger charge is 2.22. The molecule has 0 aliphatic rings. The minimum absolute atomic E-state index is 0.165. The third kappa shape index (κ3) is 3.42. The quantitative estimate of drug-likeness (QED) is 0.810. The van der Waals surface area contributed by atoms with Crippen LogP contribution in [-0.2, 0) is 4.79 Å². The van der Waals surface area contributed by atoms with Crippen LogP contribution in [0.15, 0.2) is 22.6 Å². The fraction of sp³-hybridized carbons (Fsp3) is 0.333. The zero-order valence-electron chi connectivity index (χ0n) is 11.1. The molecule has 2 rings (SSSR count). The van der Waals surface area contributed by atoms with Gasteiger partial charge in [0.1, 0.15) is 11.6 Å². The van der Waals surface area contributed by atoms with Gasteiger partial charge in [0.25, 0.3) is 11.5 Å². The zero-order chi connectivity index (χ0) is 15.4. The van der Waals surface area contributed by atoms with Crippen molar-refractivity contribution in [3.05, 3.63) is 33.7 Å². The summed E-state index contributed by atoms with van der Waals surface area (Å²) in [6, 6.07) is -1.02. The summed E-state index contributed by atoms with van der Waals surface area (Å²) < 4.78 is 1.26. The molecule has 1 unspecified atom stereocenters. The van der Waals surface area contributed by atoms with Crippen LogP contribution in [-0.4, -0.2) is 44.4 Å². The molecule has 2 aromatic rings. The molecule has 0 saturated heterocycles. The predicted molar refractivity (Wildman–Crippen MR) is 81.2 cm³/mol. The summed E-state index contributed by atoms with van der Waals surface area (Å²) in [5.41, 5.74) is -0.672. The Balaban J connectivity index is 2.23. The number of hydrogen-bond acceptors (Lipinski definition) is 6. The molecule has 112 valence electrons. The van der Waals surface area contributed by atoms with E-state index < -0.39 is 23.5 Å². The van der Waals surface area contributed by atoms with Crippen molar-refractivity contribution in [3.63, 3.8) is 0 Å². The molecule has 0 spiro atoms. The standard InChI is InChI=1S/C12H13N3O4S2/c1-20-4-2-8(11(18)19)14-9(16)7-6-13-12-15(10(7)17)3-5-21-12/h3,5-6,8H,2,4H2,1H3,(H,14,16)(H,18,19). The normalized spacial score (nSPS) is 12.2. The molecule has 2 aromatic heterocycles. The third-order valence-electron chi connectivity index (χ3n) is 2.80. The molecule has 0 radical (unpaired) electrons. The molecule has 21 heavy (non-hydrogen) atoms. The Hall–Kier alpha value is -1.87. The molecule has 1 amide bonds. The van der Waals surface area contributed by atoms with Gasteiger partial charge in [-0.15, -0.1) is 11.3 Å². The smallest absolute Gasteiger partial charge is 0.326 e. The second-order valence-corrected chi connectivity index (χ2v) is 6.04. The molecule has 0 saturated carbocycles. The summed E-state index contributed by atoms with van der Waals surface area (Å²) in [7, 11) is 0. The first-order valence-electron chi connectivity index (χ1n) is 6.02. The summed E-state index contributed by atoms with van der Waals surface area (Å²) in [4.78, 5) is 39.8. The number of carbonyl (C=O) groups is 2. The van der Waals surface area contributed by atoms with E-state index in [0.717, 1.165) is 0 Å². The Kier molecular flexibility index (Phi) is 4.97. The van der Waals surface area contributed by atoms with E-state index in [0.29, 0.717) is 10.7 Å². The average Bonchev–Trinajstić information content (AvgIpc) is 2.92. The number of amides is 1. The molecular formula is C12H13N3O4S2. The molecule has 0 bridgehead atoms. The number of carbonyl (C=O) groups excluding carboxylic acids is 1. The number of thioether (sulfide) groups is 1. The second-order valence-electron chi connectivity index (χ2n) is 4.18. The SMILES string of the molecule is CSCCC(NC(=O)c1cnc2sccn2c1=O)C(=O)O. The number of hydrogen-bond donors (Lipinski definition) is 2. The Morgan fingerprint density at radius 3 is 3.00 bits per heavy atom. The molecular weight excluding hydrogens is 314 g/mol. The van der Waals surface area contributed by atoms with E-state index in [9.17, 15) is 14.4 Å². The minimum Gasteiger partial charge on any atom is -0.480 e. The van der Waals surface area contributed by atoms with Gasteiger partial charge in [-0.05, 0) is 18.4 Å². The van der Waals surface area contributed by atoms with Crippen molar-refractivity contribution >= 4 is 39.9 Å². The topological polar surface area (TPSA) is 101 Å². The van der Waals surface area contributed by atoms with Crippen molar-refractivity contribution in [2.24, 2.45) is 0 Å². The van der Waals surface area contributed by atoms with Crippen LogP contribution < -0.4 is 10.9 Å². The minimum atomic E-state index is -1.12. The fourth-order valence-corrected chi connectivity index (χ4v) is 2.86. The van der Waals surface area contributed by atoms with E-state index in [4.69, 9.17) is 5.11 Å². The molecule has 0 aromatic carbocycles. The molecule has 1 atom stereocenters. The molecule has 0 fully saturated rings. The first-order valence-corrected chi connectivity index (χ1v) is 8.29. The monoisotopic (exact) mass is 327 g/mol.